The molecule has 4 aromatic rings. The Kier molecular flexibility index (Phi) is 5.75. The minimum Gasteiger partial charge on any atom is -0.441 e. The van der Waals surface area contributed by atoms with Gasteiger partial charge in [-0.15, -0.1) is 11.3 Å². The first kappa shape index (κ1) is 21.2. The monoisotopic (exact) mass is 442 g/mol. The topological polar surface area (TPSA) is 29.3 Å². The van der Waals surface area contributed by atoms with Crippen molar-refractivity contribution in [2.24, 2.45) is 0 Å². The van der Waals surface area contributed by atoms with Crippen molar-refractivity contribution < 1.29 is 4.42 Å². The highest BCUT2D eigenvalue weighted by Crippen LogP contribution is 2.43. The third-order valence-corrected chi connectivity index (χ3v) is 7.83. The average molecular weight is 443 g/mol. The molecule has 164 valence electrons. The number of fused-ring (bicyclic) bond motifs is 1. The highest BCUT2D eigenvalue weighted by atomic mass is 32.1. The number of hydrogen-bond donors (Lipinski definition) is 0. The van der Waals surface area contributed by atoms with Crippen molar-refractivity contribution in [1.29, 1.82) is 0 Å². The van der Waals surface area contributed by atoms with Crippen molar-refractivity contribution >= 4 is 11.3 Å². The van der Waals surface area contributed by atoms with E-state index in [4.69, 9.17) is 9.40 Å². The van der Waals surface area contributed by atoms with Crippen molar-refractivity contribution in [3.8, 4) is 11.5 Å². The van der Waals surface area contributed by atoms with Gasteiger partial charge in [0.05, 0.1) is 11.7 Å². The molecule has 0 radical (unpaired) electrons. The van der Waals surface area contributed by atoms with E-state index in [9.17, 15) is 0 Å². The lowest BCUT2D eigenvalue weighted by Gasteiger charge is -2.36. The molecule has 0 N–H and O–H groups in total. The zero-order valence-corrected chi connectivity index (χ0v) is 20.1. The maximum absolute atomic E-state index is 6.11. The highest BCUT2D eigenvalue weighted by molar-refractivity contribution is 7.12. The van der Waals surface area contributed by atoms with Gasteiger partial charge >= 0.3 is 0 Å². The zero-order chi connectivity index (χ0) is 22.2. The van der Waals surface area contributed by atoms with Gasteiger partial charge in [0.25, 0.3) is 0 Å². The maximum Gasteiger partial charge on any atom is 0.226 e. The summed E-state index contributed by atoms with van der Waals surface area (Å²) in [4.78, 5) is 10.5. The first-order chi connectivity index (χ1) is 15.5. The smallest absolute Gasteiger partial charge is 0.226 e. The van der Waals surface area contributed by atoms with Crippen molar-refractivity contribution in [2.45, 2.75) is 53.1 Å². The van der Waals surface area contributed by atoms with Crippen LogP contribution in [0.5, 0.6) is 0 Å². The van der Waals surface area contributed by atoms with E-state index in [0.29, 0.717) is 0 Å². The molecule has 4 heteroatoms. The SMILES string of the molecule is CCc1c(C)sc2c1CCN(Cc1nc(-c3cccc(C)c3)oc1C)[C@@H]2c1ccccc1. The predicted molar refractivity (Wildman–Crippen MR) is 132 cm³/mol. The molecule has 2 aromatic heterocycles. The van der Waals surface area contributed by atoms with E-state index in [1.807, 2.05) is 18.3 Å². The zero-order valence-electron chi connectivity index (χ0n) is 19.3. The lowest BCUT2D eigenvalue weighted by atomic mass is 9.91. The molecule has 0 fully saturated rings. The second-order valence-electron chi connectivity index (χ2n) is 8.76. The van der Waals surface area contributed by atoms with Gasteiger partial charge in [0.15, 0.2) is 0 Å². The molecule has 0 bridgehead atoms. The summed E-state index contributed by atoms with van der Waals surface area (Å²) >= 11 is 1.98. The fourth-order valence-electron chi connectivity index (χ4n) is 4.99. The quantitative estimate of drug-likeness (QED) is 0.332. The lowest BCUT2D eigenvalue weighted by Crippen LogP contribution is -2.35. The van der Waals surface area contributed by atoms with E-state index < -0.39 is 0 Å². The molecule has 0 spiro atoms. The van der Waals surface area contributed by atoms with E-state index in [1.165, 1.54) is 20.9 Å². The van der Waals surface area contributed by atoms with Crippen molar-refractivity contribution in [2.75, 3.05) is 6.54 Å². The van der Waals surface area contributed by atoms with E-state index in [-0.39, 0.29) is 6.04 Å². The molecule has 0 unspecified atom stereocenters. The van der Waals surface area contributed by atoms with Crippen LogP contribution in [0.25, 0.3) is 11.5 Å². The number of aryl methyl sites for hydroxylation is 3. The van der Waals surface area contributed by atoms with Gasteiger partial charge in [-0.2, -0.15) is 0 Å². The van der Waals surface area contributed by atoms with Crippen LogP contribution in [0.15, 0.2) is 59.0 Å². The molecule has 0 aliphatic carbocycles. The molecule has 0 amide bonds. The Bertz CT molecular complexity index is 1240. The van der Waals surface area contributed by atoms with Gasteiger partial charge < -0.3 is 4.42 Å². The second-order valence-corrected chi connectivity index (χ2v) is 10.0. The first-order valence-electron chi connectivity index (χ1n) is 11.5. The number of benzene rings is 2. The van der Waals surface area contributed by atoms with Crippen molar-refractivity contribution in [1.82, 2.24) is 9.88 Å². The highest BCUT2D eigenvalue weighted by Gasteiger charge is 2.33. The summed E-state index contributed by atoms with van der Waals surface area (Å²) in [5, 5.41) is 0. The largest absolute Gasteiger partial charge is 0.441 e. The molecular formula is C28H30N2OS. The van der Waals surface area contributed by atoms with Crippen LogP contribution < -0.4 is 0 Å². The van der Waals surface area contributed by atoms with E-state index >= 15 is 0 Å². The summed E-state index contributed by atoms with van der Waals surface area (Å²) in [6.45, 7) is 10.5. The van der Waals surface area contributed by atoms with Gasteiger partial charge in [-0.3, -0.25) is 4.90 Å². The molecule has 3 nitrogen and oxygen atoms in total. The maximum atomic E-state index is 6.11. The Morgan fingerprint density at radius 1 is 1.06 bits per heavy atom. The first-order valence-corrected chi connectivity index (χ1v) is 12.3. The number of rotatable bonds is 5. The fourth-order valence-corrected chi connectivity index (χ4v) is 6.46. The van der Waals surface area contributed by atoms with Crippen LogP contribution in [0, 0.1) is 20.8 Å². The second kappa shape index (κ2) is 8.68. The van der Waals surface area contributed by atoms with Gasteiger partial charge in [-0.05, 0) is 62.4 Å². The Labute approximate surface area is 194 Å². The molecule has 3 heterocycles. The minimum atomic E-state index is 0.266. The Morgan fingerprint density at radius 2 is 1.88 bits per heavy atom. The van der Waals surface area contributed by atoms with E-state index in [2.05, 4.69) is 80.3 Å². The van der Waals surface area contributed by atoms with Crippen molar-refractivity contribution in [3.63, 3.8) is 0 Å². The summed E-state index contributed by atoms with van der Waals surface area (Å²) in [6.07, 6.45) is 2.22. The van der Waals surface area contributed by atoms with Gasteiger partial charge in [-0.25, -0.2) is 4.98 Å². The van der Waals surface area contributed by atoms with Crippen LogP contribution in [0.2, 0.25) is 0 Å². The fraction of sp³-hybridized carbons (Fsp3) is 0.321. The van der Waals surface area contributed by atoms with Gasteiger partial charge in [0.1, 0.15) is 5.76 Å². The normalized spacial score (nSPS) is 16.3. The van der Waals surface area contributed by atoms with Gasteiger partial charge in [-0.1, -0.05) is 55.0 Å². The standard InChI is InChI=1S/C28H30N2OS/c1-5-23-20(4)32-27-24(23)14-15-30(26(27)21-11-7-6-8-12-21)17-25-19(3)31-28(29-25)22-13-9-10-18(2)16-22/h6-13,16,26H,5,14-15,17H2,1-4H3/t26-/m1/s1. The number of thiophene rings is 1. The molecule has 1 aliphatic rings. The molecule has 0 saturated carbocycles. The third kappa shape index (κ3) is 3.82. The summed E-state index contributed by atoms with van der Waals surface area (Å²) in [5.41, 5.74) is 7.79. The Hall–Kier alpha value is -2.69. The summed E-state index contributed by atoms with van der Waals surface area (Å²) in [5.74, 6) is 1.63. The number of nitrogens with zero attached hydrogens (tertiary/aromatic N) is 2. The third-order valence-electron chi connectivity index (χ3n) is 6.59. The molecule has 32 heavy (non-hydrogen) atoms. The van der Waals surface area contributed by atoms with Crippen LogP contribution in [0.4, 0.5) is 0 Å². The number of aromatic nitrogens is 1. The van der Waals surface area contributed by atoms with E-state index in [1.54, 1.807) is 11.1 Å². The molecule has 0 saturated heterocycles. The van der Waals surface area contributed by atoms with E-state index in [0.717, 1.165) is 48.8 Å². The van der Waals surface area contributed by atoms with Crippen LogP contribution >= 0.6 is 11.3 Å². The van der Waals surface area contributed by atoms with Crippen LogP contribution in [-0.2, 0) is 19.4 Å². The van der Waals surface area contributed by atoms with Crippen molar-refractivity contribution in [3.05, 3.63) is 98.1 Å². The Morgan fingerprint density at radius 3 is 2.62 bits per heavy atom. The van der Waals surface area contributed by atoms with Crippen LogP contribution in [0.3, 0.4) is 0 Å². The summed E-state index contributed by atoms with van der Waals surface area (Å²) < 4.78 is 6.11. The molecule has 1 atom stereocenters. The summed E-state index contributed by atoms with van der Waals surface area (Å²) in [7, 11) is 0. The minimum absolute atomic E-state index is 0.266. The number of hydrogen-bond acceptors (Lipinski definition) is 4. The Balaban J connectivity index is 1.52. The molecule has 1 aliphatic heterocycles. The predicted octanol–water partition coefficient (Wildman–Crippen LogP) is 7.04. The molecule has 5 rings (SSSR count). The lowest BCUT2D eigenvalue weighted by molar-refractivity contribution is 0.204. The van der Waals surface area contributed by atoms with Gasteiger partial charge in [0.2, 0.25) is 5.89 Å². The molecular weight excluding hydrogens is 412 g/mol. The number of oxazole rings is 1. The summed E-state index contributed by atoms with van der Waals surface area (Å²) in [6, 6.07) is 19.6. The van der Waals surface area contributed by atoms with Crippen LogP contribution in [-0.4, -0.2) is 16.4 Å². The van der Waals surface area contributed by atoms with Gasteiger partial charge in [0, 0.05) is 28.4 Å². The average Bonchev–Trinajstić information content (AvgIpc) is 3.32. The van der Waals surface area contributed by atoms with Crippen LogP contribution in [0.1, 0.15) is 56.4 Å². The molecule has 2 aromatic carbocycles.